The Labute approximate surface area is 85.9 Å². The van der Waals surface area contributed by atoms with Crippen LogP contribution in [0.2, 0.25) is 0 Å². The standard InChI is InChI=1S/C11H8N2O2/c1-15-9-5-8-10-6(11(14)13-8)3-2-4-7(10)12-9/h2-5H,1H3,(H,13,14). The van der Waals surface area contributed by atoms with Crippen molar-refractivity contribution < 1.29 is 9.53 Å². The van der Waals surface area contributed by atoms with E-state index >= 15 is 0 Å². The van der Waals surface area contributed by atoms with Crippen LogP contribution in [0.3, 0.4) is 0 Å². The molecule has 3 rings (SSSR count). The van der Waals surface area contributed by atoms with Gasteiger partial charge in [0, 0.05) is 11.5 Å². The van der Waals surface area contributed by atoms with Crippen LogP contribution in [-0.2, 0) is 0 Å². The van der Waals surface area contributed by atoms with Gasteiger partial charge in [-0.3, -0.25) is 4.79 Å². The third kappa shape index (κ3) is 1.01. The van der Waals surface area contributed by atoms with Gasteiger partial charge in [-0.05, 0) is 12.1 Å². The number of hydrogen-bond acceptors (Lipinski definition) is 3. The van der Waals surface area contributed by atoms with Crippen LogP contribution >= 0.6 is 0 Å². The van der Waals surface area contributed by atoms with E-state index in [1.54, 1.807) is 19.2 Å². The molecule has 0 fully saturated rings. The molecule has 1 amide bonds. The molecular weight excluding hydrogens is 192 g/mol. The van der Waals surface area contributed by atoms with Gasteiger partial charge in [-0.15, -0.1) is 0 Å². The first-order chi connectivity index (χ1) is 7.29. The number of benzene rings is 1. The van der Waals surface area contributed by atoms with Crippen LogP contribution in [0.25, 0.3) is 10.9 Å². The molecule has 0 aliphatic carbocycles. The number of carbonyl (C=O) groups excluding carboxylic acids is 1. The third-order valence-electron chi connectivity index (χ3n) is 2.51. The van der Waals surface area contributed by atoms with Crippen molar-refractivity contribution in [3.8, 4) is 5.88 Å². The molecule has 0 bridgehead atoms. The van der Waals surface area contributed by atoms with Crippen molar-refractivity contribution in [2.24, 2.45) is 0 Å². The molecule has 1 aliphatic rings. The van der Waals surface area contributed by atoms with Gasteiger partial charge in [0.15, 0.2) is 0 Å². The Morgan fingerprint density at radius 2 is 2.27 bits per heavy atom. The summed E-state index contributed by atoms with van der Waals surface area (Å²) in [5.41, 5.74) is 2.23. The summed E-state index contributed by atoms with van der Waals surface area (Å²) in [6.07, 6.45) is 0. The molecule has 2 heterocycles. The maximum atomic E-state index is 11.6. The van der Waals surface area contributed by atoms with E-state index in [1.807, 2.05) is 12.1 Å². The molecule has 0 spiro atoms. The molecule has 15 heavy (non-hydrogen) atoms. The number of rotatable bonds is 1. The number of ether oxygens (including phenoxy) is 1. The van der Waals surface area contributed by atoms with Crippen molar-refractivity contribution in [3.63, 3.8) is 0 Å². The number of nitrogens with zero attached hydrogens (tertiary/aromatic N) is 1. The number of pyridine rings is 1. The zero-order valence-corrected chi connectivity index (χ0v) is 8.07. The van der Waals surface area contributed by atoms with E-state index in [1.165, 1.54) is 0 Å². The Morgan fingerprint density at radius 3 is 3.07 bits per heavy atom. The first-order valence-corrected chi connectivity index (χ1v) is 4.59. The Morgan fingerprint density at radius 1 is 1.40 bits per heavy atom. The minimum atomic E-state index is -0.0781. The van der Waals surface area contributed by atoms with E-state index in [9.17, 15) is 4.79 Å². The van der Waals surface area contributed by atoms with Crippen LogP contribution in [0.1, 0.15) is 10.4 Å². The van der Waals surface area contributed by atoms with Gasteiger partial charge in [0.2, 0.25) is 5.88 Å². The molecule has 1 aromatic heterocycles. The van der Waals surface area contributed by atoms with Gasteiger partial charge in [0.05, 0.1) is 23.9 Å². The quantitative estimate of drug-likeness (QED) is 0.763. The SMILES string of the molecule is COc1cc2c3c(cccc3n1)C(=O)N2. The summed E-state index contributed by atoms with van der Waals surface area (Å²) < 4.78 is 5.06. The number of aromatic nitrogens is 1. The van der Waals surface area contributed by atoms with Crippen molar-refractivity contribution >= 4 is 22.5 Å². The summed E-state index contributed by atoms with van der Waals surface area (Å²) >= 11 is 0. The summed E-state index contributed by atoms with van der Waals surface area (Å²) in [4.78, 5) is 15.8. The molecule has 2 aromatic rings. The first-order valence-electron chi connectivity index (χ1n) is 4.59. The predicted octanol–water partition coefficient (Wildman–Crippen LogP) is 1.81. The average Bonchev–Trinajstić information content (AvgIpc) is 2.58. The van der Waals surface area contributed by atoms with E-state index in [2.05, 4.69) is 10.3 Å². The highest BCUT2D eigenvalue weighted by Crippen LogP contribution is 2.34. The van der Waals surface area contributed by atoms with Crippen molar-refractivity contribution in [1.82, 2.24) is 4.98 Å². The Balaban J connectivity index is 2.44. The fourth-order valence-corrected chi connectivity index (χ4v) is 1.85. The Bertz CT molecular complexity index is 578. The van der Waals surface area contributed by atoms with Crippen LogP contribution < -0.4 is 10.1 Å². The van der Waals surface area contributed by atoms with Crippen molar-refractivity contribution in [2.75, 3.05) is 12.4 Å². The molecular formula is C11H8N2O2. The Kier molecular flexibility index (Phi) is 1.48. The van der Waals surface area contributed by atoms with Crippen LogP contribution in [0.5, 0.6) is 5.88 Å². The number of anilines is 1. The fraction of sp³-hybridized carbons (Fsp3) is 0.0909. The molecule has 1 N–H and O–H groups in total. The van der Waals surface area contributed by atoms with Gasteiger partial charge in [-0.2, -0.15) is 0 Å². The number of hydrogen-bond donors (Lipinski definition) is 1. The van der Waals surface area contributed by atoms with Gasteiger partial charge < -0.3 is 10.1 Å². The second kappa shape index (κ2) is 2.70. The van der Waals surface area contributed by atoms with Crippen molar-refractivity contribution in [2.45, 2.75) is 0 Å². The third-order valence-corrected chi connectivity index (χ3v) is 2.51. The topological polar surface area (TPSA) is 51.2 Å². The summed E-state index contributed by atoms with van der Waals surface area (Å²) in [6, 6.07) is 7.21. The predicted molar refractivity (Wildman–Crippen MR) is 56.2 cm³/mol. The highest BCUT2D eigenvalue weighted by molar-refractivity contribution is 6.23. The summed E-state index contributed by atoms with van der Waals surface area (Å²) in [5, 5.41) is 3.66. The monoisotopic (exact) mass is 200 g/mol. The van der Waals surface area contributed by atoms with Crippen LogP contribution in [-0.4, -0.2) is 18.0 Å². The van der Waals surface area contributed by atoms with E-state index < -0.39 is 0 Å². The Hall–Kier alpha value is -2.10. The fourth-order valence-electron chi connectivity index (χ4n) is 1.85. The van der Waals surface area contributed by atoms with Crippen LogP contribution in [0.15, 0.2) is 24.3 Å². The molecule has 0 saturated carbocycles. The molecule has 74 valence electrons. The van der Waals surface area contributed by atoms with E-state index in [4.69, 9.17) is 4.74 Å². The molecule has 4 heteroatoms. The lowest BCUT2D eigenvalue weighted by molar-refractivity contribution is 0.103. The second-order valence-electron chi connectivity index (χ2n) is 3.37. The average molecular weight is 200 g/mol. The molecule has 4 nitrogen and oxygen atoms in total. The number of amides is 1. The first kappa shape index (κ1) is 8.23. The minimum absolute atomic E-state index is 0.0781. The minimum Gasteiger partial charge on any atom is -0.481 e. The zero-order chi connectivity index (χ0) is 10.4. The normalized spacial score (nSPS) is 13.0. The van der Waals surface area contributed by atoms with E-state index in [-0.39, 0.29) is 5.91 Å². The van der Waals surface area contributed by atoms with Gasteiger partial charge >= 0.3 is 0 Å². The highest BCUT2D eigenvalue weighted by atomic mass is 16.5. The molecule has 0 atom stereocenters. The van der Waals surface area contributed by atoms with E-state index in [0.717, 1.165) is 16.6 Å². The summed E-state index contributed by atoms with van der Waals surface area (Å²) in [6.45, 7) is 0. The lowest BCUT2D eigenvalue weighted by Crippen LogP contribution is -2.03. The van der Waals surface area contributed by atoms with Crippen LogP contribution in [0.4, 0.5) is 5.69 Å². The molecule has 0 saturated heterocycles. The molecule has 0 unspecified atom stereocenters. The summed E-state index contributed by atoms with van der Waals surface area (Å²) in [5.74, 6) is 0.433. The number of methoxy groups -OCH3 is 1. The molecule has 1 aromatic carbocycles. The molecule has 1 aliphatic heterocycles. The van der Waals surface area contributed by atoms with Gasteiger partial charge in [0.1, 0.15) is 0 Å². The lowest BCUT2D eigenvalue weighted by atomic mass is 10.1. The van der Waals surface area contributed by atoms with Gasteiger partial charge in [-0.25, -0.2) is 4.98 Å². The van der Waals surface area contributed by atoms with Crippen molar-refractivity contribution in [3.05, 3.63) is 29.8 Å². The van der Waals surface area contributed by atoms with Crippen LogP contribution in [0, 0.1) is 0 Å². The lowest BCUT2D eigenvalue weighted by Gasteiger charge is -2.02. The summed E-state index contributed by atoms with van der Waals surface area (Å²) in [7, 11) is 1.56. The second-order valence-corrected chi connectivity index (χ2v) is 3.37. The zero-order valence-electron chi connectivity index (χ0n) is 8.07. The van der Waals surface area contributed by atoms with Gasteiger partial charge in [0.25, 0.3) is 5.91 Å². The van der Waals surface area contributed by atoms with Gasteiger partial charge in [-0.1, -0.05) is 6.07 Å². The maximum absolute atomic E-state index is 11.6. The largest absolute Gasteiger partial charge is 0.481 e. The molecule has 0 radical (unpaired) electrons. The number of carbonyl (C=O) groups is 1. The van der Waals surface area contributed by atoms with Crippen molar-refractivity contribution in [1.29, 1.82) is 0 Å². The number of nitrogens with one attached hydrogen (secondary N) is 1. The smallest absolute Gasteiger partial charge is 0.256 e. The highest BCUT2D eigenvalue weighted by Gasteiger charge is 2.22. The van der Waals surface area contributed by atoms with E-state index in [0.29, 0.717) is 11.4 Å². The maximum Gasteiger partial charge on any atom is 0.256 e.